The molecule has 3 heteroatoms. The van der Waals surface area contributed by atoms with E-state index in [-0.39, 0.29) is 5.92 Å². The molecule has 2 aliphatic rings. The maximum absolute atomic E-state index is 11.1. The van der Waals surface area contributed by atoms with Gasteiger partial charge in [0.1, 0.15) is 0 Å². The fourth-order valence-corrected chi connectivity index (χ4v) is 3.57. The molecule has 0 aromatic carbocycles. The third-order valence-corrected chi connectivity index (χ3v) is 4.57. The van der Waals surface area contributed by atoms with Crippen molar-refractivity contribution in [1.82, 2.24) is 4.90 Å². The van der Waals surface area contributed by atoms with E-state index in [1.165, 1.54) is 25.7 Å². The van der Waals surface area contributed by atoms with Gasteiger partial charge in [-0.15, -0.1) is 0 Å². The van der Waals surface area contributed by atoms with Crippen LogP contribution in [0.5, 0.6) is 0 Å². The van der Waals surface area contributed by atoms with Crippen LogP contribution < -0.4 is 0 Å². The summed E-state index contributed by atoms with van der Waals surface area (Å²) in [6, 6.07) is 0.664. The quantitative estimate of drug-likeness (QED) is 0.800. The van der Waals surface area contributed by atoms with Crippen LogP contribution in [0.15, 0.2) is 0 Å². The van der Waals surface area contributed by atoms with Gasteiger partial charge in [-0.1, -0.05) is 26.7 Å². The van der Waals surface area contributed by atoms with Gasteiger partial charge in [-0.2, -0.15) is 0 Å². The second-order valence-corrected chi connectivity index (χ2v) is 5.54. The second kappa shape index (κ2) is 4.74. The molecule has 4 atom stereocenters. The Balaban J connectivity index is 1.99. The molecule has 0 radical (unpaired) electrons. The van der Waals surface area contributed by atoms with E-state index in [2.05, 4.69) is 18.7 Å². The van der Waals surface area contributed by atoms with Crippen molar-refractivity contribution in [3.8, 4) is 0 Å². The molecule has 92 valence electrons. The van der Waals surface area contributed by atoms with Gasteiger partial charge < -0.3 is 5.11 Å². The van der Waals surface area contributed by atoms with Crippen LogP contribution in [0.2, 0.25) is 0 Å². The summed E-state index contributed by atoms with van der Waals surface area (Å²) in [5, 5.41) is 9.14. The van der Waals surface area contributed by atoms with Crippen molar-refractivity contribution in [2.45, 2.75) is 45.6 Å². The summed E-state index contributed by atoms with van der Waals surface area (Å²) >= 11 is 0. The van der Waals surface area contributed by atoms with Gasteiger partial charge >= 0.3 is 5.97 Å². The maximum atomic E-state index is 11.1. The van der Waals surface area contributed by atoms with Gasteiger partial charge in [-0.25, -0.2) is 0 Å². The van der Waals surface area contributed by atoms with Gasteiger partial charge in [-0.05, 0) is 24.7 Å². The van der Waals surface area contributed by atoms with Crippen molar-refractivity contribution < 1.29 is 9.90 Å². The van der Waals surface area contributed by atoms with Crippen molar-refractivity contribution in [2.24, 2.45) is 17.8 Å². The van der Waals surface area contributed by atoms with Crippen LogP contribution in [0, 0.1) is 17.8 Å². The molecule has 1 N–H and O–H groups in total. The first-order valence-corrected chi connectivity index (χ1v) is 6.60. The summed E-state index contributed by atoms with van der Waals surface area (Å²) in [5.74, 6) is 0.370. The van der Waals surface area contributed by atoms with Gasteiger partial charge in [0, 0.05) is 19.1 Å². The molecule has 0 amide bonds. The van der Waals surface area contributed by atoms with Crippen LogP contribution in [0.4, 0.5) is 0 Å². The van der Waals surface area contributed by atoms with Crippen molar-refractivity contribution >= 4 is 5.97 Å². The minimum atomic E-state index is -0.610. The Hall–Kier alpha value is -0.570. The largest absolute Gasteiger partial charge is 0.481 e. The summed E-state index contributed by atoms with van der Waals surface area (Å²) in [4.78, 5) is 13.5. The Bertz CT molecular complexity index is 267. The minimum Gasteiger partial charge on any atom is -0.481 e. The van der Waals surface area contributed by atoms with E-state index >= 15 is 0 Å². The van der Waals surface area contributed by atoms with E-state index in [9.17, 15) is 4.79 Å². The summed E-state index contributed by atoms with van der Waals surface area (Å²) in [5.41, 5.74) is 0. The van der Waals surface area contributed by atoms with Crippen molar-refractivity contribution in [1.29, 1.82) is 0 Å². The molecule has 1 saturated carbocycles. The third kappa shape index (κ3) is 2.10. The number of rotatable bonds is 3. The lowest BCUT2D eigenvalue weighted by molar-refractivity contribution is -0.142. The molecule has 2 rings (SSSR count). The first-order valence-electron chi connectivity index (χ1n) is 6.60. The van der Waals surface area contributed by atoms with E-state index in [4.69, 9.17) is 5.11 Å². The van der Waals surface area contributed by atoms with Crippen LogP contribution in [-0.4, -0.2) is 35.1 Å². The highest BCUT2D eigenvalue weighted by molar-refractivity contribution is 5.71. The van der Waals surface area contributed by atoms with Gasteiger partial charge in [0.2, 0.25) is 0 Å². The van der Waals surface area contributed by atoms with Crippen LogP contribution in [-0.2, 0) is 4.79 Å². The number of carboxylic acids is 1. The number of hydrogen-bond acceptors (Lipinski definition) is 2. The molecule has 0 bridgehead atoms. The van der Waals surface area contributed by atoms with Crippen LogP contribution in [0.1, 0.15) is 39.5 Å². The SMILES string of the molecule is CCC1CCCC1N1CC(C)C(C(=O)O)C1. The van der Waals surface area contributed by atoms with E-state index in [1.54, 1.807) is 0 Å². The average Bonchev–Trinajstić information content (AvgIpc) is 2.82. The zero-order chi connectivity index (χ0) is 11.7. The van der Waals surface area contributed by atoms with Crippen molar-refractivity contribution in [3.05, 3.63) is 0 Å². The standard InChI is InChI=1S/C13H23NO2/c1-3-10-5-4-6-12(10)14-7-9(2)11(8-14)13(15)16/h9-12H,3-8H2,1-2H3,(H,15,16). The average molecular weight is 225 g/mol. The third-order valence-electron chi connectivity index (χ3n) is 4.57. The number of carbonyl (C=O) groups is 1. The van der Waals surface area contributed by atoms with E-state index in [0.29, 0.717) is 12.0 Å². The Kier molecular flexibility index (Phi) is 3.53. The first kappa shape index (κ1) is 11.9. The Labute approximate surface area is 97.8 Å². The summed E-state index contributed by atoms with van der Waals surface area (Å²) in [6.45, 7) is 6.10. The van der Waals surface area contributed by atoms with E-state index in [1.807, 2.05) is 0 Å². The van der Waals surface area contributed by atoms with Crippen LogP contribution >= 0.6 is 0 Å². The zero-order valence-corrected chi connectivity index (χ0v) is 10.4. The Morgan fingerprint density at radius 3 is 2.69 bits per heavy atom. The normalized spacial score (nSPS) is 40.4. The predicted octanol–water partition coefficient (Wildman–Crippen LogP) is 2.22. The van der Waals surface area contributed by atoms with Gasteiger partial charge in [0.05, 0.1) is 5.92 Å². The van der Waals surface area contributed by atoms with Crippen molar-refractivity contribution in [3.63, 3.8) is 0 Å². The molecule has 1 aliphatic heterocycles. The predicted molar refractivity (Wildman–Crippen MR) is 63.3 cm³/mol. The summed E-state index contributed by atoms with van der Waals surface area (Å²) < 4.78 is 0. The topological polar surface area (TPSA) is 40.5 Å². The number of carboxylic acid groups (broad SMARTS) is 1. The Morgan fingerprint density at radius 1 is 1.38 bits per heavy atom. The lowest BCUT2D eigenvalue weighted by Gasteiger charge is -2.28. The van der Waals surface area contributed by atoms with E-state index < -0.39 is 5.97 Å². The van der Waals surface area contributed by atoms with Crippen LogP contribution in [0.3, 0.4) is 0 Å². The first-order chi connectivity index (χ1) is 7.63. The minimum absolute atomic E-state index is 0.141. The molecule has 1 heterocycles. The molecule has 4 unspecified atom stereocenters. The number of nitrogens with zero attached hydrogens (tertiary/aromatic N) is 1. The van der Waals surface area contributed by atoms with Crippen molar-refractivity contribution in [2.75, 3.05) is 13.1 Å². The van der Waals surface area contributed by atoms with Crippen LogP contribution in [0.25, 0.3) is 0 Å². The highest BCUT2D eigenvalue weighted by atomic mass is 16.4. The molecule has 0 aromatic heterocycles. The summed E-state index contributed by atoms with van der Waals surface area (Å²) in [7, 11) is 0. The van der Waals surface area contributed by atoms with E-state index in [0.717, 1.165) is 19.0 Å². The van der Waals surface area contributed by atoms with Gasteiger partial charge in [0.25, 0.3) is 0 Å². The highest BCUT2D eigenvalue weighted by Crippen LogP contribution is 2.36. The molecule has 0 aromatic rings. The molecule has 16 heavy (non-hydrogen) atoms. The molecule has 1 aliphatic carbocycles. The fraction of sp³-hybridized carbons (Fsp3) is 0.923. The van der Waals surface area contributed by atoms with Gasteiger partial charge in [0.15, 0.2) is 0 Å². The molecule has 3 nitrogen and oxygen atoms in total. The molecular weight excluding hydrogens is 202 g/mol. The van der Waals surface area contributed by atoms with Gasteiger partial charge in [-0.3, -0.25) is 9.69 Å². The second-order valence-electron chi connectivity index (χ2n) is 5.54. The monoisotopic (exact) mass is 225 g/mol. The molecule has 1 saturated heterocycles. The maximum Gasteiger partial charge on any atom is 0.308 e. The lowest BCUT2D eigenvalue weighted by Crippen LogP contribution is -2.36. The fourth-order valence-electron chi connectivity index (χ4n) is 3.57. The zero-order valence-electron chi connectivity index (χ0n) is 10.4. The highest BCUT2D eigenvalue weighted by Gasteiger charge is 2.40. The number of hydrogen-bond donors (Lipinski definition) is 1. The molecule has 0 spiro atoms. The number of likely N-dealkylation sites (tertiary alicyclic amines) is 1. The smallest absolute Gasteiger partial charge is 0.308 e. The summed E-state index contributed by atoms with van der Waals surface area (Å²) in [6.07, 6.45) is 5.18. The molecule has 2 fully saturated rings. The lowest BCUT2D eigenvalue weighted by atomic mass is 9.99. The number of aliphatic carboxylic acids is 1. The Morgan fingerprint density at radius 2 is 2.12 bits per heavy atom. The molecular formula is C13H23NO2.